The van der Waals surface area contributed by atoms with E-state index < -0.39 is 12.3 Å². The summed E-state index contributed by atoms with van der Waals surface area (Å²) < 4.78 is 44.8. The summed E-state index contributed by atoms with van der Waals surface area (Å²) in [4.78, 5) is 15.7. The SMILES string of the molecule is COC(c1ccc(-n2cc(-c3nc4ncccc4[nH]3)cn2)nc1)C(F)(F)F. The molecule has 0 saturated carbocycles. The summed E-state index contributed by atoms with van der Waals surface area (Å²) in [5.41, 5.74) is 1.99. The zero-order valence-electron chi connectivity index (χ0n) is 14.0. The van der Waals surface area contributed by atoms with Gasteiger partial charge in [0.15, 0.2) is 17.6 Å². The van der Waals surface area contributed by atoms with Crippen LogP contribution < -0.4 is 0 Å². The second-order valence-electron chi connectivity index (χ2n) is 5.74. The Morgan fingerprint density at radius 1 is 1.15 bits per heavy atom. The molecule has 4 aromatic heterocycles. The third-order valence-corrected chi connectivity index (χ3v) is 3.95. The van der Waals surface area contributed by atoms with Crippen molar-refractivity contribution in [2.24, 2.45) is 0 Å². The fourth-order valence-electron chi connectivity index (χ4n) is 2.70. The van der Waals surface area contributed by atoms with Crippen LogP contribution in [-0.2, 0) is 4.74 Å². The largest absolute Gasteiger partial charge is 0.418 e. The molecule has 0 aromatic carbocycles. The summed E-state index contributed by atoms with van der Waals surface area (Å²) in [6.07, 6.45) is -0.487. The highest BCUT2D eigenvalue weighted by Crippen LogP contribution is 2.35. The normalized spacial score (nSPS) is 13.2. The molecule has 0 amide bonds. The number of hydrogen-bond donors (Lipinski definition) is 1. The second-order valence-corrected chi connectivity index (χ2v) is 5.74. The van der Waals surface area contributed by atoms with E-state index in [-0.39, 0.29) is 5.56 Å². The second kappa shape index (κ2) is 6.47. The van der Waals surface area contributed by atoms with Crippen LogP contribution in [0.5, 0.6) is 0 Å². The number of fused-ring (bicyclic) bond motifs is 1. The number of aromatic nitrogens is 6. The van der Waals surface area contributed by atoms with Crippen molar-refractivity contribution >= 4 is 11.2 Å². The molecule has 0 bridgehead atoms. The summed E-state index contributed by atoms with van der Waals surface area (Å²) in [5, 5.41) is 4.20. The Balaban J connectivity index is 1.61. The number of alkyl halides is 3. The van der Waals surface area contributed by atoms with Gasteiger partial charge >= 0.3 is 6.18 Å². The van der Waals surface area contributed by atoms with Gasteiger partial charge in [0.25, 0.3) is 0 Å². The highest BCUT2D eigenvalue weighted by molar-refractivity contribution is 5.75. The van der Waals surface area contributed by atoms with Gasteiger partial charge in [-0.2, -0.15) is 18.3 Å². The van der Waals surface area contributed by atoms with Crippen molar-refractivity contribution in [1.29, 1.82) is 0 Å². The van der Waals surface area contributed by atoms with Crippen molar-refractivity contribution < 1.29 is 17.9 Å². The van der Waals surface area contributed by atoms with Crippen LogP contribution in [-0.4, -0.2) is 43.0 Å². The summed E-state index contributed by atoms with van der Waals surface area (Å²) in [5.74, 6) is 0.958. The fourth-order valence-corrected chi connectivity index (χ4v) is 2.70. The van der Waals surface area contributed by atoms with Crippen LogP contribution in [0.2, 0.25) is 0 Å². The van der Waals surface area contributed by atoms with Gasteiger partial charge in [-0.3, -0.25) is 0 Å². The van der Waals surface area contributed by atoms with Gasteiger partial charge in [0, 0.05) is 31.3 Å². The molecule has 4 heterocycles. The number of nitrogens with zero attached hydrogens (tertiary/aromatic N) is 5. The van der Waals surface area contributed by atoms with Gasteiger partial charge in [-0.1, -0.05) is 6.07 Å². The Bertz CT molecular complexity index is 1040. The summed E-state index contributed by atoms with van der Waals surface area (Å²) in [6.45, 7) is 0. The van der Waals surface area contributed by atoms with Gasteiger partial charge in [0.05, 0.1) is 17.3 Å². The molecule has 27 heavy (non-hydrogen) atoms. The average molecular weight is 374 g/mol. The third-order valence-electron chi connectivity index (χ3n) is 3.95. The molecule has 10 heteroatoms. The van der Waals surface area contributed by atoms with Crippen molar-refractivity contribution in [1.82, 2.24) is 29.7 Å². The van der Waals surface area contributed by atoms with Gasteiger partial charge < -0.3 is 9.72 Å². The maximum atomic E-state index is 12.9. The van der Waals surface area contributed by atoms with E-state index in [1.807, 2.05) is 6.07 Å². The molecule has 0 saturated heterocycles. The van der Waals surface area contributed by atoms with E-state index in [1.165, 1.54) is 16.8 Å². The van der Waals surface area contributed by atoms with E-state index in [0.717, 1.165) is 18.8 Å². The van der Waals surface area contributed by atoms with Crippen LogP contribution in [0.3, 0.4) is 0 Å². The molecule has 0 spiro atoms. The van der Waals surface area contributed by atoms with Gasteiger partial charge in [-0.05, 0) is 18.2 Å². The maximum absolute atomic E-state index is 12.9. The Hall–Kier alpha value is -3.27. The predicted octanol–water partition coefficient (Wildman–Crippen LogP) is 3.46. The Morgan fingerprint density at radius 2 is 2.00 bits per heavy atom. The maximum Gasteiger partial charge on any atom is 0.418 e. The molecule has 0 aliphatic rings. The van der Waals surface area contributed by atoms with E-state index in [0.29, 0.717) is 22.9 Å². The fraction of sp³-hybridized carbons (Fsp3) is 0.176. The zero-order valence-corrected chi connectivity index (χ0v) is 14.0. The van der Waals surface area contributed by atoms with E-state index >= 15 is 0 Å². The number of hydrogen-bond acceptors (Lipinski definition) is 5. The molecule has 7 nitrogen and oxygen atoms in total. The number of imidazole rings is 1. The first-order chi connectivity index (χ1) is 13.0. The Kier molecular flexibility index (Phi) is 4.11. The topological polar surface area (TPSA) is 81.5 Å². The zero-order chi connectivity index (χ0) is 19.0. The number of H-pyrrole nitrogens is 1. The molecular weight excluding hydrogens is 361 g/mol. The molecule has 0 fully saturated rings. The molecule has 0 aliphatic heterocycles. The predicted molar refractivity (Wildman–Crippen MR) is 90.0 cm³/mol. The van der Waals surface area contributed by atoms with Gasteiger partial charge in [0.1, 0.15) is 5.82 Å². The van der Waals surface area contributed by atoms with E-state index in [2.05, 4.69) is 29.8 Å². The lowest BCUT2D eigenvalue weighted by Crippen LogP contribution is -2.22. The smallest absolute Gasteiger partial charge is 0.367 e. The summed E-state index contributed by atoms with van der Waals surface area (Å²) >= 11 is 0. The Labute approximate surface area is 150 Å². The van der Waals surface area contributed by atoms with E-state index in [4.69, 9.17) is 0 Å². The van der Waals surface area contributed by atoms with Crippen molar-refractivity contribution in [3.8, 4) is 17.2 Å². The number of rotatable bonds is 4. The number of aromatic amines is 1. The quantitative estimate of drug-likeness (QED) is 0.592. The Morgan fingerprint density at radius 3 is 2.67 bits per heavy atom. The van der Waals surface area contributed by atoms with Gasteiger partial charge in [0.2, 0.25) is 0 Å². The monoisotopic (exact) mass is 374 g/mol. The minimum Gasteiger partial charge on any atom is -0.367 e. The van der Waals surface area contributed by atoms with Crippen LogP contribution in [0.1, 0.15) is 11.7 Å². The number of ether oxygens (including phenoxy) is 1. The van der Waals surface area contributed by atoms with E-state index in [1.54, 1.807) is 24.7 Å². The third kappa shape index (κ3) is 3.26. The van der Waals surface area contributed by atoms with E-state index in [9.17, 15) is 13.2 Å². The molecule has 4 rings (SSSR count). The number of nitrogens with one attached hydrogen (secondary N) is 1. The summed E-state index contributed by atoms with van der Waals surface area (Å²) in [7, 11) is 1.01. The first kappa shape index (κ1) is 17.2. The number of pyridine rings is 2. The summed E-state index contributed by atoms with van der Waals surface area (Å²) in [6, 6.07) is 6.42. The van der Waals surface area contributed by atoms with Crippen LogP contribution in [0.4, 0.5) is 13.2 Å². The molecule has 138 valence electrons. The van der Waals surface area contributed by atoms with Crippen LogP contribution in [0, 0.1) is 0 Å². The van der Waals surface area contributed by atoms with Crippen LogP contribution in [0.15, 0.2) is 49.1 Å². The molecule has 4 aromatic rings. The number of halogens is 3. The lowest BCUT2D eigenvalue weighted by molar-refractivity contribution is -0.216. The van der Waals surface area contributed by atoms with Gasteiger partial charge in [-0.25, -0.2) is 19.6 Å². The lowest BCUT2D eigenvalue weighted by atomic mass is 10.1. The molecule has 1 atom stereocenters. The number of methoxy groups -OCH3 is 1. The lowest BCUT2D eigenvalue weighted by Gasteiger charge is -2.18. The molecule has 1 N–H and O–H groups in total. The molecule has 0 radical (unpaired) electrons. The highest BCUT2D eigenvalue weighted by Gasteiger charge is 2.41. The standard InChI is InChI=1S/C17H13F3N6O/c1-27-14(17(18,19)20)10-4-5-13(22-7-10)26-9-11(8-23-26)15-24-12-3-2-6-21-16(12)25-15/h2-9,14H,1H3,(H,21,24,25). The molecular formula is C17H13F3N6O. The van der Waals surface area contributed by atoms with Crippen molar-refractivity contribution in [2.45, 2.75) is 12.3 Å². The first-order valence-corrected chi connectivity index (χ1v) is 7.87. The van der Waals surface area contributed by atoms with Crippen LogP contribution >= 0.6 is 0 Å². The van der Waals surface area contributed by atoms with Crippen molar-refractivity contribution in [3.05, 3.63) is 54.6 Å². The first-order valence-electron chi connectivity index (χ1n) is 7.87. The molecule has 1 unspecified atom stereocenters. The van der Waals surface area contributed by atoms with Crippen molar-refractivity contribution in [3.63, 3.8) is 0 Å². The highest BCUT2D eigenvalue weighted by atomic mass is 19.4. The van der Waals surface area contributed by atoms with Crippen molar-refractivity contribution in [2.75, 3.05) is 7.11 Å². The average Bonchev–Trinajstić information content (AvgIpc) is 3.28. The minimum absolute atomic E-state index is 0.0792. The van der Waals surface area contributed by atoms with Crippen LogP contribution in [0.25, 0.3) is 28.4 Å². The minimum atomic E-state index is -4.51. The van der Waals surface area contributed by atoms with Gasteiger partial charge in [-0.15, -0.1) is 0 Å². The molecule has 0 aliphatic carbocycles.